The molecule has 0 aliphatic heterocycles. The average molecular weight is 282 g/mol. The van der Waals surface area contributed by atoms with Gasteiger partial charge in [0, 0.05) is 16.7 Å². The zero-order chi connectivity index (χ0) is 15.3. The first-order valence-corrected chi connectivity index (χ1v) is 6.08. The molecule has 0 saturated carbocycles. The molecule has 0 atom stereocenters. The molecule has 2 aromatic carbocycles. The summed E-state index contributed by atoms with van der Waals surface area (Å²) >= 11 is 0. The predicted molar refractivity (Wildman–Crippen MR) is 74.7 cm³/mol. The topological polar surface area (TPSA) is 94.8 Å². The van der Waals surface area contributed by atoms with Gasteiger partial charge in [0.2, 0.25) is 5.78 Å². The van der Waals surface area contributed by atoms with E-state index in [2.05, 4.69) is 6.58 Å². The highest BCUT2D eigenvalue weighted by atomic mass is 16.3. The lowest BCUT2D eigenvalue weighted by Gasteiger charge is -2.19. The fraction of sp³-hybridized carbons (Fsp3) is 0. The van der Waals surface area contributed by atoms with Gasteiger partial charge in [-0.2, -0.15) is 0 Å². The van der Waals surface area contributed by atoms with Gasteiger partial charge in [0.1, 0.15) is 17.3 Å². The first kappa shape index (κ1) is 12.9. The van der Waals surface area contributed by atoms with E-state index in [0.717, 1.165) is 6.07 Å². The zero-order valence-electron chi connectivity index (χ0n) is 10.8. The van der Waals surface area contributed by atoms with Crippen LogP contribution in [-0.2, 0) is 0 Å². The monoisotopic (exact) mass is 282 g/mol. The second kappa shape index (κ2) is 4.21. The third-order valence-electron chi connectivity index (χ3n) is 3.44. The third-order valence-corrected chi connectivity index (χ3v) is 3.44. The molecule has 3 N–H and O–H groups in total. The van der Waals surface area contributed by atoms with Crippen LogP contribution in [0.15, 0.2) is 36.9 Å². The SMILES string of the molecule is C=C(O)c1cc(O)c2c(c1)C(=O)c1cccc(O)c1C2=O. The molecular weight excluding hydrogens is 272 g/mol. The van der Waals surface area contributed by atoms with Crippen LogP contribution in [0.4, 0.5) is 0 Å². The van der Waals surface area contributed by atoms with E-state index in [0.29, 0.717) is 0 Å². The lowest BCUT2D eigenvalue weighted by atomic mass is 9.82. The number of benzene rings is 2. The fourth-order valence-corrected chi connectivity index (χ4v) is 2.45. The van der Waals surface area contributed by atoms with Gasteiger partial charge in [-0.1, -0.05) is 18.7 Å². The maximum absolute atomic E-state index is 12.4. The van der Waals surface area contributed by atoms with Crippen molar-refractivity contribution in [2.75, 3.05) is 0 Å². The summed E-state index contributed by atoms with van der Waals surface area (Å²) in [6.45, 7) is 3.33. The van der Waals surface area contributed by atoms with Crippen molar-refractivity contribution >= 4 is 17.3 Å². The normalized spacial score (nSPS) is 12.8. The molecule has 1 aliphatic carbocycles. The van der Waals surface area contributed by atoms with Crippen LogP contribution in [-0.4, -0.2) is 26.9 Å². The van der Waals surface area contributed by atoms with E-state index >= 15 is 0 Å². The van der Waals surface area contributed by atoms with Crippen molar-refractivity contribution in [3.05, 3.63) is 64.7 Å². The second-order valence-corrected chi connectivity index (χ2v) is 4.72. The molecule has 5 heteroatoms. The second-order valence-electron chi connectivity index (χ2n) is 4.72. The first-order valence-electron chi connectivity index (χ1n) is 6.08. The quantitative estimate of drug-likeness (QED) is 0.596. The highest BCUT2D eigenvalue weighted by molar-refractivity contribution is 6.30. The Bertz CT molecular complexity index is 833. The number of aliphatic hydroxyl groups excluding tert-OH is 1. The number of rotatable bonds is 1. The Labute approximate surface area is 119 Å². The molecular formula is C16H10O5. The summed E-state index contributed by atoms with van der Waals surface area (Å²) in [5.74, 6) is -2.22. The number of ketones is 2. The van der Waals surface area contributed by atoms with Gasteiger partial charge in [-0.3, -0.25) is 9.59 Å². The van der Waals surface area contributed by atoms with Gasteiger partial charge >= 0.3 is 0 Å². The van der Waals surface area contributed by atoms with E-state index in [1.807, 2.05) is 0 Å². The molecule has 0 radical (unpaired) electrons. The Kier molecular flexibility index (Phi) is 2.59. The summed E-state index contributed by atoms with van der Waals surface area (Å²) in [5.41, 5.74) is -0.119. The van der Waals surface area contributed by atoms with Gasteiger partial charge in [-0.25, -0.2) is 0 Å². The summed E-state index contributed by atoms with van der Waals surface area (Å²) in [4.78, 5) is 24.9. The standard InChI is InChI=1S/C16H10O5/c1-7(17)8-5-10-14(12(19)6-8)16(21)13-9(15(10)20)3-2-4-11(13)18/h2-6,17-19H,1H2. The van der Waals surface area contributed by atoms with Crippen LogP contribution in [0.2, 0.25) is 0 Å². The average Bonchev–Trinajstić information content (AvgIpc) is 2.43. The van der Waals surface area contributed by atoms with Gasteiger partial charge in [0.15, 0.2) is 5.78 Å². The smallest absolute Gasteiger partial charge is 0.201 e. The molecule has 5 nitrogen and oxygen atoms in total. The first-order chi connectivity index (χ1) is 9.91. The number of phenols is 2. The van der Waals surface area contributed by atoms with Gasteiger partial charge < -0.3 is 15.3 Å². The Hall–Kier alpha value is -3.08. The molecule has 3 rings (SSSR count). The maximum atomic E-state index is 12.4. The molecule has 104 valence electrons. The summed E-state index contributed by atoms with van der Waals surface area (Å²) < 4.78 is 0. The maximum Gasteiger partial charge on any atom is 0.201 e. The van der Waals surface area contributed by atoms with Gasteiger partial charge in [0.25, 0.3) is 0 Å². The number of hydrogen-bond acceptors (Lipinski definition) is 5. The van der Waals surface area contributed by atoms with Gasteiger partial charge in [-0.05, 0) is 18.2 Å². The van der Waals surface area contributed by atoms with Crippen LogP contribution in [0.1, 0.15) is 37.4 Å². The largest absolute Gasteiger partial charge is 0.508 e. The van der Waals surface area contributed by atoms with E-state index in [1.165, 1.54) is 24.3 Å². The molecule has 0 aromatic heterocycles. The minimum absolute atomic E-state index is 0.0247. The lowest BCUT2D eigenvalue weighted by Crippen LogP contribution is -2.21. The van der Waals surface area contributed by atoms with Crippen molar-refractivity contribution in [2.24, 2.45) is 0 Å². The van der Waals surface area contributed by atoms with Crippen molar-refractivity contribution in [1.82, 2.24) is 0 Å². The predicted octanol–water partition coefficient (Wildman–Crippen LogP) is 2.40. The molecule has 0 unspecified atom stereocenters. The third kappa shape index (κ3) is 1.71. The molecule has 0 heterocycles. The number of phenolic OH excluding ortho intramolecular Hbond substituents is 2. The van der Waals surface area contributed by atoms with Crippen LogP contribution in [0.3, 0.4) is 0 Å². The Balaban J connectivity index is 2.36. The Morgan fingerprint density at radius 1 is 0.905 bits per heavy atom. The summed E-state index contributed by atoms with van der Waals surface area (Å²) in [5, 5.41) is 29.2. The summed E-state index contributed by atoms with van der Waals surface area (Å²) in [7, 11) is 0. The minimum atomic E-state index is -0.634. The minimum Gasteiger partial charge on any atom is -0.508 e. The van der Waals surface area contributed by atoms with E-state index in [1.54, 1.807) is 0 Å². The van der Waals surface area contributed by atoms with Crippen molar-refractivity contribution in [2.45, 2.75) is 0 Å². The van der Waals surface area contributed by atoms with Crippen LogP contribution in [0.5, 0.6) is 11.5 Å². The number of carbonyl (C=O) groups excluding carboxylic acids is 2. The lowest BCUT2D eigenvalue weighted by molar-refractivity contribution is 0.0974. The fourth-order valence-electron chi connectivity index (χ4n) is 2.45. The van der Waals surface area contributed by atoms with Crippen LogP contribution < -0.4 is 0 Å². The number of aliphatic hydroxyl groups is 1. The van der Waals surface area contributed by atoms with Crippen LogP contribution >= 0.6 is 0 Å². The van der Waals surface area contributed by atoms with Crippen molar-refractivity contribution in [3.8, 4) is 11.5 Å². The zero-order valence-corrected chi connectivity index (χ0v) is 10.8. The van der Waals surface area contributed by atoms with E-state index in [9.17, 15) is 24.9 Å². The summed E-state index contributed by atoms with van der Waals surface area (Å²) in [6, 6.07) is 6.63. The highest BCUT2D eigenvalue weighted by Crippen LogP contribution is 2.37. The summed E-state index contributed by atoms with van der Waals surface area (Å²) in [6.07, 6.45) is 0. The number of carbonyl (C=O) groups is 2. The molecule has 0 saturated heterocycles. The van der Waals surface area contributed by atoms with Gasteiger partial charge in [-0.15, -0.1) is 0 Å². The highest BCUT2D eigenvalue weighted by Gasteiger charge is 2.34. The molecule has 0 amide bonds. The van der Waals surface area contributed by atoms with E-state index in [-0.39, 0.29) is 39.3 Å². The van der Waals surface area contributed by atoms with Crippen LogP contribution in [0.25, 0.3) is 5.76 Å². The molecule has 0 spiro atoms. The molecule has 2 aromatic rings. The number of aromatic hydroxyl groups is 2. The van der Waals surface area contributed by atoms with Crippen molar-refractivity contribution in [1.29, 1.82) is 0 Å². The molecule has 21 heavy (non-hydrogen) atoms. The molecule has 0 bridgehead atoms. The van der Waals surface area contributed by atoms with Crippen LogP contribution in [0, 0.1) is 0 Å². The van der Waals surface area contributed by atoms with E-state index < -0.39 is 17.3 Å². The van der Waals surface area contributed by atoms with E-state index in [4.69, 9.17) is 0 Å². The number of hydrogen-bond donors (Lipinski definition) is 3. The van der Waals surface area contributed by atoms with Gasteiger partial charge in [0.05, 0.1) is 11.1 Å². The Morgan fingerprint density at radius 2 is 1.57 bits per heavy atom. The Morgan fingerprint density at radius 3 is 2.24 bits per heavy atom. The molecule has 1 aliphatic rings. The van der Waals surface area contributed by atoms with Crippen molar-refractivity contribution < 1.29 is 24.9 Å². The molecule has 0 fully saturated rings. The van der Waals surface area contributed by atoms with Crippen molar-refractivity contribution in [3.63, 3.8) is 0 Å². The number of fused-ring (bicyclic) bond motifs is 2.